The molecule has 1 aliphatic rings. The standard InChI is InChI=1S/C11H12F3N3O3S/c12-11(13,14)8-2-1-3-9(15-8)16-10(18)17-4-6-21(19,20)7-5-17/h1-3H,4-7H2,(H,15,16,18). The summed E-state index contributed by atoms with van der Waals surface area (Å²) >= 11 is 0. The first-order valence-electron chi connectivity index (χ1n) is 5.98. The van der Waals surface area contributed by atoms with E-state index in [1.165, 1.54) is 11.0 Å². The summed E-state index contributed by atoms with van der Waals surface area (Å²) in [7, 11) is -3.13. The molecule has 0 aliphatic carbocycles. The van der Waals surface area contributed by atoms with Crippen LogP contribution in [0.5, 0.6) is 0 Å². The molecule has 2 rings (SSSR count). The normalized spacial score (nSPS) is 18.3. The van der Waals surface area contributed by atoms with Crippen molar-refractivity contribution in [2.24, 2.45) is 0 Å². The number of carbonyl (C=O) groups excluding carboxylic acids is 1. The maximum absolute atomic E-state index is 12.5. The molecule has 0 atom stereocenters. The van der Waals surface area contributed by atoms with Crippen LogP contribution in [0.25, 0.3) is 0 Å². The van der Waals surface area contributed by atoms with Crippen LogP contribution in [0, 0.1) is 0 Å². The molecule has 1 fully saturated rings. The number of carbonyl (C=O) groups is 1. The molecule has 0 bridgehead atoms. The van der Waals surface area contributed by atoms with Gasteiger partial charge in [0, 0.05) is 13.1 Å². The predicted molar refractivity (Wildman–Crippen MR) is 68.5 cm³/mol. The number of alkyl halides is 3. The van der Waals surface area contributed by atoms with Crippen LogP contribution < -0.4 is 5.32 Å². The number of pyridine rings is 1. The van der Waals surface area contributed by atoms with Crippen molar-refractivity contribution in [2.75, 3.05) is 29.9 Å². The Labute approximate surface area is 118 Å². The van der Waals surface area contributed by atoms with E-state index in [-0.39, 0.29) is 30.4 Å². The van der Waals surface area contributed by atoms with Crippen molar-refractivity contribution in [3.05, 3.63) is 23.9 Å². The smallest absolute Gasteiger partial charge is 0.322 e. The van der Waals surface area contributed by atoms with Crippen molar-refractivity contribution in [1.82, 2.24) is 9.88 Å². The van der Waals surface area contributed by atoms with Crippen LogP contribution in [-0.4, -0.2) is 48.9 Å². The lowest BCUT2D eigenvalue weighted by Crippen LogP contribution is -2.45. The SMILES string of the molecule is O=C(Nc1cccc(C(F)(F)F)n1)N1CCS(=O)(=O)CC1. The van der Waals surface area contributed by atoms with E-state index in [0.29, 0.717) is 0 Å². The van der Waals surface area contributed by atoms with Crippen LogP contribution in [0.4, 0.5) is 23.8 Å². The van der Waals surface area contributed by atoms with Crippen molar-refractivity contribution in [3.8, 4) is 0 Å². The first-order chi connectivity index (χ1) is 9.67. The highest BCUT2D eigenvalue weighted by Gasteiger charge is 2.32. The summed E-state index contributed by atoms with van der Waals surface area (Å²) in [6, 6.07) is 2.49. The Morgan fingerprint density at radius 2 is 1.86 bits per heavy atom. The van der Waals surface area contributed by atoms with Crippen LogP contribution in [-0.2, 0) is 16.0 Å². The van der Waals surface area contributed by atoms with E-state index in [0.717, 1.165) is 12.1 Å². The van der Waals surface area contributed by atoms with E-state index < -0.39 is 27.7 Å². The Kier molecular flexibility index (Phi) is 4.08. The van der Waals surface area contributed by atoms with Crippen LogP contribution >= 0.6 is 0 Å². The van der Waals surface area contributed by atoms with E-state index >= 15 is 0 Å². The van der Waals surface area contributed by atoms with Gasteiger partial charge in [-0.1, -0.05) is 6.07 Å². The van der Waals surface area contributed by atoms with Gasteiger partial charge in [-0.2, -0.15) is 13.2 Å². The molecule has 21 heavy (non-hydrogen) atoms. The van der Waals surface area contributed by atoms with Crippen LogP contribution in [0.2, 0.25) is 0 Å². The molecule has 2 amide bonds. The van der Waals surface area contributed by atoms with Gasteiger partial charge in [0.25, 0.3) is 0 Å². The predicted octanol–water partition coefficient (Wildman–Crippen LogP) is 1.36. The van der Waals surface area contributed by atoms with Crippen molar-refractivity contribution in [1.29, 1.82) is 0 Å². The largest absolute Gasteiger partial charge is 0.433 e. The maximum Gasteiger partial charge on any atom is 0.433 e. The Balaban J connectivity index is 2.04. The monoisotopic (exact) mass is 323 g/mol. The lowest BCUT2D eigenvalue weighted by Gasteiger charge is -2.26. The number of aromatic nitrogens is 1. The average molecular weight is 323 g/mol. The van der Waals surface area contributed by atoms with Crippen LogP contribution in [0.15, 0.2) is 18.2 Å². The zero-order valence-corrected chi connectivity index (χ0v) is 11.5. The molecule has 1 aromatic rings. The molecule has 0 unspecified atom stereocenters. The quantitative estimate of drug-likeness (QED) is 0.846. The summed E-state index contributed by atoms with van der Waals surface area (Å²) < 4.78 is 60.0. The number of urea groups is 1. The fraction of sp³-hybridized carbons (Fsp3) is 0.455. The molecule has 1 N–H and O–H groups in total. The van der Waals surface area contributed by atoms with Gasteiger partial charge in [0.15, 0.2) is 9.84 Å². The second kappa shape index (κ2) is 5.51. The summed E-state index contributed by atoms with van der Waals surface area (Å²) in [6.07, 6.45) is -4.60. The van der Waals surface area contributed by atoms with Gasteiger partial charge in [0.05, 0.1) is 11.5 Å². The molecular weight excluding hydrogens is 311 g/mol. The Hall–Kier alpha value is -1.84. The molecule has 6 nitrogen and oxygen atoms in total. The molecule has 116 valence electrons. The summed E-state index contributed by atoms with van der Waals surface area (Å²) in [4.78, 5) is 16.4. The minimum Gasteiger partial charge on any atom is -0.322 e. The number of nitrogens with zero attached hydrogens (tertiary/aromatic N) is 2. The number of sulfone groups is 1. The van der Waals surface area contributed by atoms with Gasteiger partial charge in [-0.3, -0.25) is 5.32 Å². The van der Waals surface area contributed by atoms with Gasteiger partial charge < -0.3 is 4.90 Å². The molecule has 0 aromatic carbocycles. The molecular formula is C11H12F3N3O3S. The van der Waals surface area contributed by atoms with Gasteiger partial charge in [0.2, 0.25) is 0 Å². The van der Waals surface area contributed by atoms with E-state index in [1.54, 1.807) is 0 Å². The molecule has 2 heterocycles. The zero-order chi connectivity index (χ0) is 15.7. The highest BCUT2D eigenvalue weighted by atomic mass is 32.2. The minimum absolute atomic E-state index is 0.00707. The van der Waals surface area contributed by atoms with Gasteiger partial charge in [-0.15, -0.1) is 0 Å². The summed E-state index contributed by atoms with van der Waals surface area (Å²) in [5, 5.41) is 2.23. The minimum atomic E-state index is -4.60. The molecule has 1 aromatic heterocycles. The number of hydrogen-bond acceptors (Lipinski definition) is 4. The molecule has 1 saturated heterocycles. The number of anilines is 1. The Bertz CT molecular complexity index is 632. The lowest BCUT2D eigenvalue weighted by atomic mass is 10.3. The molecule has 0 radical (unpaired) electrons. The number of hydrogen-bond donors (Lipinski definition) is 1. The number of nitrogens with one attached hydrogen (secondary N) is 1. The van der Waals surface area contributed by atoms with E-state index in [4.69, 9.17) is 0 Å². The molecule has 10 heteroatoms. The van der Waals surface area contributed by atoms with Gasteiger partial charge in [-0.25, -0.2) is 18.2 Å². The first kappa shape index (κ1) is 15.5. The molecule has 0 spiro atoms. The van der Waals surface area contributed by atoms with Crippen LogP contribution in [0.3, 0.4) is 0 Å². The third-order valence-electron chi connectivity index (χ3n) is 2.91. The molecule has 1 aliphatic heterocycles. The second-order valence-electron chi connectivity index (χ2n) is 4.47. The second-order valence-corrected chi connectivity index (χ2v) is 6.78. The zero-order valence-electron chi connectivity index (χ0n) is 10.7. The fourth-order valence-corrected chi connectivity index (χ4v) is 2.97. The van der Waals surface area contributed by atoms with E-state index in [9.17, 15) is 26.4 Å². The van der Waals surface area contributed by atoms with E-state index in [1.807, 2.05) is 0 Å². The topological polar surface area (TPSA) is 79.4 Å². The van der Waals surface area contributed by atoms with Crippen molar-refractivity contribution in [3.63, 3.8) is 0 Å². The Morgan fingerprint density at radius 3 is 2.43 bits per heavy atom. The number of amides is 2. The number of halogens is 3. The third kappa shape index (κ3) is 4.06. The van der Waals surface area contributed by atoms with Crippen molar-refractivity contribution in [2.45, 2.75) is 6.18 Å². The molecule has 0 saturated carbocycles. The third-order valence-corrected chi connectivity index (χ3v) is 4.52. The number of rotatable bonds is 1. The average Bonchev–Trinajstić information content (AvgIpc) is 2.37. The van der Waals surface area contributed by atoms with Gasteiger partial charge in [0.1, 0.15) is 11.5 Å². The summed E-state index contributed by atoms with van der Waals surface area (Å²) in [6.45, 7) is 0.0141. The maximum atomic E-state index is 12.5. The highest BCUT2D eigenvalue weighted by Crippen LogP contribution is 2.28. The van der Waals surface area contributed by atoms with E-state index in [2.05, 4.69) is 10.3 Å². The van der Waals surface area contributed by atoms with Crippen LogP contribution in [0.1, 0.15) is 5.69 Å². The summed E-state index contributed by atoms with van der Waals surface area (Å²) in [5.74, 6) is -0.546. The first-order valence-corrected chi connectivity index (χ1v) is 7.80. The fourth-order valence-electron chi connectivity index (χ4n) is 1.77. The lowest BCUT2D eigenvalue weighted by molar-refractivity contribution is -0.141. The highest BCUT2D eigenvalue weighted by molar-refractivity contribution is 7.91. The van der Waals surface area contributed by atoms with Gasteiger partial charge >= 0.3 is 12.2 Å². The summed E-state index contributed by atoms with van der Waals surface area (Å²) in [5.41, 5.74) is -1.11. The van der Waals surface area contributed by atoms with Crippen molar-refractivity contribution < 1.29 is 26.4 Å². The van der Waals surface area contributed by atoms with Gasteiger partial charge in [-0.05, 0) is 12.1 Å². The Morgan fingerprint density at radius 1 is 1.24 bits per heavy atom. The van der Waals surface area contributed by atoms with Crippen molar-refractivity contribution >= 4 is 21.7 Å².